The molecule has 1 aromatic heterocycles. The Morgan fingerprint density at radius 1 is 1.45 bits per heavy atom. The number of aromatic nitrogens is 1. The molecule has 112 valence electrons. The molecule has 1 heterocycles. The quantitative estimate of drug-likeness (QED) is 0.640. The van der Waals surface area contributed by atoms with Gasteiger partial charge in [0.25, 0.3) is 0 Å². The summed E-state index contributed by atoms with van der Waals surface area (Å²) < 4.78 is 5.02. The smallest absolute Gasteiger partial charge is 0.332 e. The third-order valence-corrected chi connectivity index (χ3v) is 3.64. The van der Waals surface area contributed by atoms with Gasteiger partial charge < -0.3 is 20.1 Å². The molecule has 0 radical (unpaired) electrons. The van der Waals surface area contributed by atoms with Crippen LogP contribution in [0.4, 0.5) is 0 Å². The zero-order valence-electron chi connectivity index (χ0n) is 11.4. The van der Waals surface area contributed by atoms with Crippen molar-refractivity contribution in [2.45, 2.75) is 32.1 Å². The van der Waals surface area contributed by atoms with E-state index >= 15 is 0 Å². The zero-order valence-corrected chi connectivity index (χ0v) is 12.2. The fraction of sp³-hybridized carbons (Fsp3) is 0.583. The third-order valence-electron chi connectivity index (χ3n) is 2.69. The number of amides is 1. The standard InChI is InChI=1S/C12H18N2O5S/c1-7-9(8(2)19-14-7)5-20-6-11(16)13-4-3-10(15)12(17)18/h10,15H,3-6H2,1-2H3,(H,13,16)(H,17,18)/t10-/m0/s1. The van der Waals surface area contributed by atoms with Crippen LogP contribution in [-0.4, -0.2) is 45.6 Å². The summed E-state index contributed by atoms with van der Waals surface area (Å²) in [5.74, 6) is 0.158. The van der Waals surface area contributed by atoms with E-state index in [0.29, 0.717) is 5.75 Å². The lowest BCUT2D eigenvalue weighted by atomic mass is 10.2. The van der Waals surface area contributed by atoms with Crippen molar-refractivity contribution in [2.75, 3.05) is 12.3 Å². The number of carbonyl (C=O) groups excluding carboxylic acids is 1. The highest BCUT2D eigenvalue weighted by molar-refractivity contribution is 7.99. The summed E-state index contributed by atoms with van der Waals surface area (Å²) in [5, 5.41) is 23.9. The maximum Gasteiger partial charge on any atom is 0.332 e. The maximum absolute atomic E-state index is 11.5. The number of nitrogens with zero attached hydrogens (tertiary/aromatic N) is 1. The number of carboxylic acid groups (broad SMARTS) is 1. The van der Waals surface area contributed by atoms with E-state index in [-0.39, 0.29) is 24.6 Å². The summed E-state index contributed by atoms with van der Waals surface area (Å²) in [5.41, 5.74) is 1.81. The first kappa shape index (κ1) is 16.5. The van der Waals surface area contributed by atoms with Gasteiger partial charge in [-0.1, -0.05) is 5.16 Å². The molecule has 0 fully saturated rings. The highest BCUT2D eigenvalue weighted by Gasteiger charge is 2.13. The van der Waals surface area contributed by atoms with E-state index in [1.807, 2.05) is 13.8 Å². The summed E-state index contributed by atoms with van der Waals surface area (Å²) in [6.07, 6.45) is -1.44. The topological polar surface area (TPSA) is 113 Å². The molecule has 1 atom stereocenters. The number of carbonyl (C=O) groups is 2. The van der Waals surface area contributed by atoms with Crippen LogP contribution in [0.25, 0.3) is 0 Å². The van der Waals surface area contributed by atoms with Crippen LogP contribution in [0.2, 0.25) is 0 Å². The Morgan fingerprint density at radius 2 is 2.15 bits per heavy atom. The average molecular weight is 302 g/mol. The van der Waals surface area contributed by atoms with Gasteiger partial charge in [0.15, 0.2) is 6.10 Å². The SMILES string of the molecule is Cc1noc(C)c1CSCC(=O)NCC[C@H](O)C(=O)O. The Morgan fingerprint density at radius 3 is 2.70 bits per heavy atom. The second kappa shape index (κ2) is 7.91. The fourth-order valence-corrected chi connectivity index (χ4v) is 2.48. The molecule has 20 heavy (non-hydrogen) atoms. The third kappa shape index (κ3) is 5.22. The minimum Gasteiger partial charge on any atom is -0.479 e. The van der Waals surface area contributed by atoms with Crippen LogP contribution in [0, 0.1) is 13.8 Å². The van der Waals surface area contributed by atoms with Crippen LogP contribution >= 0.6 is 11.8 Å². The lowest BCUT2D eigenvalue weighted by Crippen LogP contribution is -2.31. The normalized spacial score (nSPS) is 12.2. The van der Waals surface area contributed by atoms with E-state index in [0.717, 1.165) is 17.0 Å². The minimum absolute atomic E-state index is 0.00436. The number of aliphatic hydroxyl groups is 1. The molecule has 0 bridgehead atoms. The van der Waals surface area contributed by atoms with Gasteiger partial charge in [-0.25, -0.2) is 4.79 Å². The Balaban J connectivity index is 2.19. The fourth-order valence-electron chi connectivity index (χ4n) is 1.48. The van der Waals surface area contributed by atoms with Crippen LogP contribution in [-0.2, 0) is 15.3 Å². The Kier molecular flexibility index (Phi) is 6.53. The molecular formula is C12H18N2O5S. The molecular weight excluding hydrogens is 284 g/mol. The molecule has 0 aliphatic heterocycles. The predicted octanol–water partition coefficient (Wildman–Crippen LogP) is 0.476. The summed E-state index contributed by atoms with van der Waals surface area (Å²) in [6, 6.07) is 0. The van der Waals surface area contributed by atoms with Gasteiger partial charge in [-0.3, -0.25) is 4.79 Å². The molecule has 0 aromatic carbocycles. The summed E-state index contributed by atoms with van der Waals surface area (Å²) in [4.78, 5) is 21.9. The predicted molar refractivity (Wildman–Crippen MR) is 73.4 cm³/mol. The van der Waals surface area contributed by atoms with Gasteiger partial charge in [-0.2, -0.15) is 0 Å². The molecule has 0 unspecified atom stereocenters. The number of aryl methyl sites for hydroxylation is 2. The molecule has 3 N–H and O–H groups in total. The molecule has 1 amide bonds. The lowest BCUT2D eigenvalue weighted by molar-refractivity contribution is -0.147. The zero-order chi connectivity index (χ0) is 15.1. The highest BCUT2D eigenvalue weighted by atomic mass is 32.2. The monoisotopic (exact) mass is 302 g/mol. The van der Waals surface area contributed by atoms with Gasteiger partial charge >= 0.3 is 5.97 Å². The van der Waals surface area contributed by atoms with Crippen molar-refractivity contribution in [1.82, 2.24) is 10.5 Å². The molecule has 0 saturated heterocycles. The van der Waals surface area contributed by atoms with E-state index in [1.54, 1.807) is 0 Å². The minimum atomic E-state index is -1.44. The highest BCUT2D eigenvalue weighted by Crippen LogP contribution is 2.19. The molecule has 1 rings (SSSR count). The number of hydrogen-bond donors (Lipinski definition) is 3. The van der Waals surface area contributed by atoms with Crippen LogP contribution in [0.15, 0.2) is 4.52 Å². The summed E-state index contributed by atoms with van der Waals surface area (Å²) in [6.45, 7) is 3.81. The Labute approximate surface area is 120 Å². The second-order valence-electron chi connectivity index (χ2n) is 4.29. The van der Waals surface area contributed by atoms with E-state index in [9.17, 15) is 9.59 Å². The number of rotatable bonds is 8. The van der Waals surface area contributed by atoms with Gasteiger partial charge in [0.2, 0.25) is 5.91 Å². The molecule has 0 aliphatic carbocycles. The van der Waals surface area contributed by atoms with Crippen molar-refractivity contribution >= 4 is 23.6 Å². The van der Waals surface area contributed by atoms with Crippen LogP contribution in [0.1, 0.15) is 23.4 Å². The van der Waals surface area contributed by atoms with Crippen molar-refractivity contribution in [3.63, 3.8) is 0 Å². The van der Waals surface area contributed by atoms with E-state index in [1.165, 1.54) is 11.8 Å². The largest absolute Gasteiger partial charge is 0.479 e. The van der Waals surface area contributed by atoms with Crippen molar-refractivity contribution in [1.29, 1.82) is 0 Å². The van der Waals surface area contributed by atoms with Crippen molar-refractivity contribution in [3.05, 3.63) is 17.0 Å². The average Bonchev–Trinajstić information content (AvgIpc) is 2.70. The molecule has 0 spiro atoms. The van der Waals surface area contributed by atoms with Gasteiger partial charge in [-0.15, -0.1) is 11.8 Å². The van der Waals surface area contributed by atoms with E-state index in [2.05, 4.69) is 10.5 Å². The molecule has 1 aromatic rings. The first-order valence-electron chi connectivity index (χ1n) is 6.09. The van der Waals surface area contributed by atoms with Crippen molar-refractivity contribution in [2.24, 2.45) is 0 Å². The molecule has 0 aliphatic rings. The van der Waals surface area contributed by atoms with Crippen molar-refractivity contribution in [3.8, 4) is 0 Å². The van der Waals surface area contributed by atoms with Gasteiger partial charge in [0.05, 0.1) is 11.4 Å². The lowest BCUT2D eigenvalue weighted by Gasteiger charge is -2.07. The van der Waals surface area contributed by atoms with Crippen LogP contribution < -0.4 is 5.32 Å². The summed E-state index contributed by atoms with van der Waals surface area (Å²) in [7, 11) is 0. The first-order chi connectivity index (χ1) is 9.41. The van der Waals surface area contributed by atoms with Crippen LogP contribution in [0.3, 0.4) is 0 Å². The summed E-state index contributed by atoms with van der Waals surface area (Å²) >= 11 is 1.42. The van der Waals surface area contributed by atoms with Gasteiger partial charge in [0.1, 0.15) is 5.76 Å². The van der Waals surface area contributed by atoms with Gasteiger partial charge in [-0.05, 0) is 13.8 Å². The second-order valence-corrected chi connectivity index (χ2v) is 5.27. The van der Waals surface area contributed by atoms with E-state index < -0.39 is 12.1 Å². The Hall–Kier alpha value is -1.54. The number of thioether (sulfide) groups is 1. The maximum atomic E-state index is 11.5. The molecule has 7 nitrogen and oxygen atoms in total. The van der Waals surface area contributed by atoms with Crippen molar-refractivity contribution < 1.29 is 24.3 Å². The molecule has 8 heteroatoms. The van der Waals surface area contributed by atoms with Gasteiger partial charge in [0, 0.05) is 24.3 Å². The molecule has 0 saturated carbocycles. The number of aliphatic hydroxyl groups excluding tert-OH is 1. The first-order valence-corrected chi connectivity index (χ1v) is 7.24. The number of carboxylic acids is 1. The van der Waals surface area contributed by atoms with Crippen LogP contribution in [0.5, 0.6) is 0 Å². The van der Waals surface area contributed by atoms with E-state index in [4.69, 9.17) is 14.7 Å². The Bertz CT molecular complexity index is 455. The number of hydrogen-bond acceptors (Lipinski definition) is 6. The number of aliphatic carboxylic acids is 1. The number of nitrogens with one attached hydrogen (secondary N) is 1.